The largest absolute Gasteiger partial charge is 0.465 e. The van der Waals surface area contributed by atoms with Gasteiger partial charge in [0.2, 0.25) is 17.8 Å². The molecule has 2 aromatic heterocycles. The van der Waals surface area contributed by atoms with Crippen LogP contribution >= 0.6 is 0 Å². The number of rotatable bonds is 19. The van der Waals surface area contributed by atoms with Gasteiger partial charge in [-0.15, -0.1) is 0 Å². The van der Waals surface area contributed by atoms with E-state index >= 15 is 0 Å². The number of hydrogen-bond donors (Lipinski definition) is 4. The second-order valence-corrected chi connectivity index (χ2v) is 23.7. The Morgan fingerprint density at radius 2 is 1.01 bits per heavy atom. The summed E-state index contributed by atoms with van der Waals surface area (Å²) in [4.78, 5) is 66.1. The Morgan fingerprint density at radius 3 is 1.49 bits per heavy atom. The zero-order valence-electron chi connectivity index (χ0n) is 49.7. The van der Waals surface area contributed by atoms with Crippen LogP contribution in [0.15, 0.2) is 134 Å². The summed E-state index contributed by atoms with van der Waals surface area (Å²) in [6.07, 6.45) is 14.6. The van der Waals surface area contributed by atoms with Crippen molar-refractivity contribution in [2.24, 2.45) is 5.92 Å². The number of ether oxygens (including phenoxy) is 1. The van der Waals surface area contributed by atoms with Gasteiger partial charge in [-0.2, -0.15) is 0 Å². The number of nitrogens with zero attached hydrogens (tertiary/aromatic N) is 8. The number of likely N-dealkylation sites (N-methyl/N-ethyl adjacent to an activating group) is 2. The number of anilines is 4. The first-order valence-electron chi connectivity index (χ1n) is 30.8. The Bertz CT molecular complexity index is 3370. The summed E-state index contributed by atoms with van der Waals surface area (Å²) < 4.78 is 4.73. The Labute approximate surface area is 501 Å². The highest BCUT2D eigenvalue weighted by atomic mass is 16.5. The number of amides is 2. The summed E-state index contributed by atoms with van der Waals surface area (Å²) in [5.41, 5.74) is 14.1. The molecule has 0 spiro atoms. The van der Waals surface area contributed by atoms with Crippen LogP contribution in [0.2, 0.25) is 0 Å². The summed E-state index contributed by atoms with van der Waals surface area (Å²) in [7, 11) is 5.71. The lowest BCUT2D eigenvalue weighted by Gasteiger charge is -2.32. The number of nitrogens with one attached hydrogen (secondary N) is 4. The predicted molar refractivity (Wildman–Crippen MR) is 339 cm³/mol. The van der Waals surface area contributed by atoms with Crippen LogP contribution in [-0.2, 0) is 22.4 Å². The van der Waals surface area contributed by atoms with E-state index < -0.39 is 5.97 Å². The molecule has 2 amide bonds. The number of aromatic nitrogens is 4. The number of carbonyl (C=O) groups excluding carboxylic acids is 3. The maximum absolute atomic E-state index is 12.8. The maximum Gasteiger partial charge on any atom is 0.337 e. The van der Waals surface area contributed by atoms with Crippen LogP contribution in [0.4, 0.5) is 23.3 Å². The zero-order valence-corrected chi connectivity index (χ0v) is 49.7. The Hall–Kier alpha value is -7.89. The molecule has 16 nitrogen and oxygen atoms in total. The summed E-state index contributed by atoms with van der Waals surface area (Å²) in [5, 5.41) is 13.0. The monoisotopic (exact) mass is 1140 g/mol. The van der Waals surface area contributed by atoms with Crippen molar-refractivity contribution in [1.82, 2.24) is 39.5 Å². The molecule has 2 saturated heterocycles. The maximum atomic E-state index is 12.8. The molecular formula is C69H82N12O4. The number of benzene rings is 5. The molecule has 3 fully saturated rings. The van der Waals surface area contributed by atoms with E-state index in [4.69, 9.17) is 19.7 Å². The van der Waals surface area contributed by atoms with Crippen molar-refractivity contribution in [2.75, 3.05) is 121 Å². The van der Waals surface area contributed by atoms with E-state index in [1.54, 1.807) is 24.3 Å². The number of methoxy groups -OCH3 is 1. The summed E-state index contributed by atoms with van der Waals surface area (Å²) in [5.74, 6) is 1.96. The second-order valence-electron chi connectivity index (χ2n) is 23.7. The molecule has 3 aliphatic carbocycles. The quantitative estimate of drug-likeness (QED) is 0.0445. The Balaban J connectivity index is 0.000000177. The third-order valence-electron chi connectivity index (χ3n) is 17.8. The molecule has 0 bridgehead atoms. The lowest BCUT2D eigenvalue weighted by molar-refractivity contribution is -0.116. The first-order chi connectivity index (χ1) is 41.6. The number of hydrogen-bond acceptors (Lipinski definition) is 14. The molecule has 442 valence electrons. The van der Waals surface area contributed by atoms with Gasteiger partial charge in [0.15, 0.2) is 0 Å². The van der Waals surface area contributed by atoms with E-state index in [9.17, 15) is 14.4 Å². The molecule has 2 aliphatic heterocycles. The molecule has 0 radical (unpaired) electrons. The van der Waals surface area contributed by atoms with Gasteiger partial charge >= 0.3 is 5.97 Å². The number of carbonyl (C=O) groups is 3. The SMILES string of the molecule is CN1CCN(CCCNc2ncc3c(n2)-c2ccccc2C(c2ccc(NC(=O)CCC4CCCC4)cc2)C3)CC1.COC(=O)c1ccc(C(=O)Nc2ccc(C3Cc4cnc(NCCCN5CCN(C)CC5)nc4-c4ccccc43)cc2)cc1. The standard InChI is InChI=1S/C35H38N6O3.C34H44N6O/c1-40-18-20-41(21-19-40)17-5-16-36-35-37-23-27-22-31(29-6-3-4-7-30(29)32(27)39-35)24-12-14-28(15-13-24)38-33(42)25-8-10-26(11-9-25)34(43)44-2;1-39-19-21-40(22-20-39)18-6-17-35-34-36-24-27-23-31(29-9-4-5-10-30(29)33(27)38-34)26-12-14-28(15-13-26)37-32(41)16-11-25-7-2-3-8-25/h3-4,6-15,23,31H,5,16-22H2,1-2H3,(H,38,42)(H,36,37,39);4-5,9-10,12-15,24-25,31H,2-3,6-8,11,16-23H2,1H3,(H,37,41)(H,35,36,38). The van der Waals surface area contributed by atoms with Gasteiger partial charge in [0.25, 0.3) is 5.91 Å². The minimum Gasteiger partial charge on any atom is -0.465 e. The molecule has 1 saturated carbocycles. The van der Waals surface area contributed by atoms with Crippen LogP contribution in [-0.4, -0.2) is 157 Å². The van der Waals surface area contributed by atoms with E-state index in [-0.39, 0.29) is 23.7 Å². The van der Waals surface area contributed by atoms with Gasteiger partial charge in [0.05, 0.1) is 24.1 Å². The summed E-state index contributed by atoms with van der Waals surface area (Å²) in [6.45, 7) is 13.1. The highest BCUT2D eigenvalue weighted by Crippen LogP contribution is 2.44. The molecule has 4 heterocycles. The molecule has 85 heavy (non-hydrogen) atoms. The van der Waals surface area contributed by atoms with Crippen molar-refractivity contribution in [3.8, 4) is 22.5 Å². The molecule has 4 N–H and O–H groups in total. The van der Waals surface area contributed by atoms with E-state index in [1.165, 1.54) is 60.6 Å². The zero-order chi connectivity index (χ0) is 58.5. The van der Waals surface area contributed by atoms with Gasteiger partial charge in [0.1, 0.15) is 0 Å². The third kappa shape index (κ3) is 15.1. The highest BCUT2D eigenvalue weighted by molar-refractivity contribution is 6.05. The van der Waals surface area contributed by atoms with Gasteiger partial charge in [0, 0.05) is 124 Å². The fourth-order valence-corrected chi connectivity index (χ4v) is 12.7. The van der Waals surface area contributed by atoms with Gasteiger partial charge in [-0.3, -0.25) is 9.59 Å². The fourth-order valence-electron chi connectivity index (χ4n) is 12.7. The number of fused-ring (bicyclic) bond motifs is 6. The molecule has 5 aromatic carbocycles. The molecule has 5 aliphatic rings. The average molecular weight is 1140 g/mol. The van der Waals surface area contributed by atoms with Crippen LogP contribution in [0.3, 0.4) is 0 Å². The van der Waals surface area contributed by atoms with E-state index in [1.807, 2.05) is 36.7 Å². The summed E-state index contributed by atoms with van der Waals surface area (Å²) >= 11 is 0. The summed E-state index contributed by atoms with van der Waals surface area (Å²) in [6, 6.07) is 39.9. The highest BCUT2D eigenvalue weighted by Gasteiger charge is 2.30. The third-order valence-corrected chi connectivity index (χ3v) is 17.8. The lowest BCUT2D eigenvalue weighted by Crippen LogP contribution is -2.44. The number of piperazine rings is 2. The van der Waals surface area contributed by atoms with Gasteiger partial charge in [-0.1, -0.05) is 98.5 Å². The normalized spacial score (nSPS) is 17.9. The van der Waals surface area contributed by atoms with Crippen molar-refractivity contribution >= 4 is 41.1 Å². The van der Waals surface area contributed by atoms with E-state index in [0.717, 1.165) is 150 Å². The smallest absolute Gasteiger partial charge is 0.337 e. The van der Waals surface area contributed by atoms with Crippen LogP contribution in [0.5, 0.6) is 0 Å². The molecule has 7 aromatic rings. The van der Waals surface area contributed by atoms with Crippen molar-refractivity contribution in [3.63, 3.8) is 0 Å². The average Bonchev–Trinajstić information content (AvgIpc) is 2.37. The Morgan fingerprint density at radius 1 is 0.553 bits per heavy atom. The minimum atomic E-state index is -0.435. The predicted octanol–water partition coefficient (Wildman–Crippen LogP) is 10.7. The van der Waals surface area contributed by atoms with Crippen LogP contribution in [0, 0.1) is 5.92 Å². The van der Waals surface area contributed by atoms with Crippen LogP contribution in [0.25, 0.3) is 22.5 Å². The van der Waals surface area contributed by atoms with Gasteiger partial charge < -0.3 is 45.6 Å². The topological polar surface area (TPSA) is 173 Å². The Kier molecular flexibility index (Phi) is 19.6. The van der Waals surface area contributed by atoms with Gasteiger partial charge in [-0.05, 0) is 147 Å². The van der Waals surface area contributed by atoms with E-state index in [0.29, 0.717) is 35.1 Å². The van der Waals surface area contributed by atoms with Crippen molar-refractivity contribution in [3.05, 3.63) is 178 Å². The molecule has 2 unspecified atom stereocenters. The van der Waals surface area contributed by atoms with Gasteiger partial charge in [-0.25, -0.2) is 24.7 Å². The first-order valence-corrected chi connectivity index (χ1v) is 30.8. The molecule has 12 rings (SSSR count). The second kappa shape index (κ2) is 28.3. The van der Waals surface area contributed by atoms with Crippen LogP contribution in [0.1, 0.15) is 117 Å². The molecule has 16 heteroatoms. The first kappa shape index (κ1) is 58.9. The number of esters is 1. The van der Waals surface area contributed by atoms with Crippen molar-refractivity contribution < 1.29 is 19.1 Å². The van der Waals surface area contributed by atoms with Crippen molar-refractivity contribution in [2.45, 2.75) is 76.0 Å². The van der Waals surface area contributed by atoms with Crippen molar-refractivity contribution in [1.29, 1.82) is 0 Å². The molecule has 2 atom stereocenters. The van der Waals surface area contributed by atoms with Crippen LogP contribution < -0.4 is 21.3 Å². The lowest BCUT2D eigenvalue weighted by atomic mass is 9.78. The van der Waals surface area contributed by atoms with E-state index in [2.05, 4.69) is 133 Å². The fraction of sp³-hybridized carbons (Fsp3) is 0.406. The molecular weight excluding hydrogens is 1060 g/mol. The minimum absolute atomic E-state index is 0.127.